The van der Waals surface area contributed by atoms with Crippen LogP contribution in [0.3, 0.4) is 0 Å². The Morgan fingerprint density at radius 1 is 1.42 bits per heavy atom. The fourth-order valence-corrected chi connectivity index (χ4v) is 4.65. The molecule has 0 radical (unpaired) electrons. The molecule has 0 atom stereocenters. The summed E-state index contributed by atoms with van der Waals surface area (Å²) in [5, 5.41) is 3.77. The van der Waals surface area contributed by atoms with Crippen molar-refractivity contribution in [2.45, 2.75) is 45.1 Å². The first kappa shape index (κ1) is 15.4. The van der Waals surface area contributed by atoms with E-state index in [9.17, 15) is 9.59 Å². The van der Waals surface area contributed by atoms with Crippen LogP contribution in [0.4, 0.5) is 16.3 Å². The number of nitrogens with zero attached hydrogens (tertiary/aromatic N) is 2. The van der Waals surface area contributed by atoms with Gasteiger partial charge < -0.3 is 10.1 Å². The number of rotatable bonds is 3. The number of thiophene rings is 1. The normalized spacial score (nSPS) is 17.9. The van der Waals surface area contributed by atoms with E-state index in [1.54, 1.807) is 18.0 Å². The van der Waals surface area contributed by atoms with Crippen molar-refractivity contribution in [3.05, 3.63) is 17.1 Å². The summed E-state index contributed by atoms with van der Waals surface area (Å²) in [6, 6.07) is 1.86. The van der Waals surface area contributed by atoms with Gasteiger partial charge in [0.15, 0.2) is 0 Å². The van der Waals surface area contributed by atoms with Gasteiger partial charge >= 0.3 is 12.0 Å². The molecule has 0 spiro atoms. The minimum atomic E-state index is -0.397. The molecule has 1 N–H and O–H groups in total. The third kappa shape index (κ3) is 2.34. The molecule has 0 unspecified atom stereocenters. The number of carbonyl (C=O) groups is 2. The lowest BCUT2D eigenvalue weighted by Gasteiger charge is -2.36. The number of pyridine rings is 1. The van der Waals surface area contributed by atoms with E-state index in [-0.39, 0.29) is 12.1 Å². The fourth-order valence-electron chi connectivity index (χ4n) is 3.61. The summed E-state index contributed by atoms with van der Waals surface area (Å²) in [5.41, 5.74) is 0.550. The van der Waals surface area contributed by atoms with E-state index in [0.717, 1.165) is 35.8 Å². The minimum absolute atomic E-state index is 0.177. The van der Waals surface area contributed by atoms with E-state index >= 15 is 0 Å². The van der Waals surface area contributed by atoms with Gasteiger partial charge in [0.25, 0.3) is 0 Å². The van der Waals surface area contributed by atoms with Crippen LogP contribution in [-0.4, -0.2) is 29.6 Å². The van der Waals surface area contributed by atoms with Crippen LogP contribution >= 0.6 is 11.3 Å². The smallest absolute Gasteiger partial charge is 0.350 e. The van der Waals surface area contributed by atoms with Gasteiger partial charge in [-0.15, -0.1) is 11.3 Å². The molecule has 24 heavy (non-hydrogen) atoms. The van der Waals surface area contributed by atoms with Gasteiger partial charge in [-0.2, -0.15) is 0 Å². The monoisotopic (exact) mass is 345 g/mol. The van der Waals surface area contributed by atoms with E-state index in [4.69, 9.17) is 4.74 Å². The molecule has 1 aliphatic heterocycles. The van der Waals surface area contributed by atoms with Crippen LogP contribution in [-0.2, 0) is 4.74 Å². The molecular weight excluding hydrogens is 326 g/mol. The molecule has 1 aliphatic carbocycles. The van der Waals surface area contributed by atoms with Gasteiger partial charge in [-0.1, -0.05) is 19.3 Å². The third-order valence-electron chi connectivity index (χ3n) is 4.66. The van der Waals surface area contributed by atoms with Crippen LogP contribution in [0.15, 0.2) is 12.3 Å². The zero-order valence-electron chi connectivity index (χ0n) is 13.5. The largest absolute Gasteiger partial charge is 0.462 e. The second kappa shape index (κ2) is 6.05. The molecule has 1 saturated carbocycles. The van der Waals surface area contributed by atoms with Gasteiger partial charge in [-0.3, -0.25) is 4.90 Å². The summed E-state index contributed by atoms with van der Waals surface area (Å²) in [4.78, 5) is 31.7. The molecule has 2 aromatic heterocycles. The highest BCUT2D eigenvalue weighted by atomic mass is 32.1. The molecule has 0 bridgehead atoms. The molecule has 126 valence electrons. The van der Waals surface area contributed by atoms with Crippen molar-refractivity contribution in [2.75, 3.05) is 16.8 Å². The summed E-state index contributed by atoms with van der Waals surface area (Å²) in [6.45, 7) is 2.08. The Bertz CT molecular complexity index is 811. The maximum absolute atomic E-state index is 12.8. The highest BCUT2D eigenvalue weighted by Gasteiger charge is 2.36. The maximum Gasteiger partial charge on any atom is 0.350 e. The first-order valence-electron chi connectivity index (χ1n) is 8.39. The van der Waals surface area contributed by atoms with Crippen LogP contribution in [0.2, 0.25) is 0 Å². The van der Waals surface area contributed by atoms with Gasteiger partial charge in [0.2, 0.25) is 0 Å². The molecule has 7 heteroatoms. The lowest BCUT2D eigenvalue weighted by Crippen LogP contribution is -2.46. The van der Waals surface area contributed by atoms with Gasteiger partial charge in [0.05, 0.1) is 17.7 Å². The van der Waals surface area contributed by atoms with Crippen LogP contribution in [0.25, 0.3) is 10.1 Å². The number of ether oxygens (including phenoxy) is 1. The first-order chi connectivity index (χ1) is 11.7. The van der Waals surface area contributed by atoms with E-state index in [2.05, 4.69) is 10.3 Å². The molecule has 2 aliphatic rings. The standard InChI is InChI=1S/C17H19N3O3S/c1-2-23-16(21)14-13-12-11(24-14)8-9-18-15(12)20(17(22)19-13)10-6-4-3-5-7-10/h8-10H,2-7H2,1H3,(H,19,22). The van der Waals surface area contributed by atoms with Gasteiger partial charge in [-0.05, 0) is 25.8 Å². The summed E-state index contributed by atoms with van der Waals surface area (Å²) in [5.74, 6) is 0.274. The van der Waals surface area contributed by atoms with Gasteiger partial charge in [-0.25, -0.2) is 14.6 Å². The molecule has 1 fully saturated rings. The lowest BCUT2D eigenvalue weighted by molar-refractivity contribution is 0.0533. The number of carbonyl (C=O) groups excluding carboxylic acids is 2. The number of amides is 2. The molecule has 6 nitrogen and oxygen atoms in total. The van der Waals surface area contributed by atoms with Crippen molar-refractivity contribution in [1.29, 1.82) is 0 Å². The maximum atomic E-state index is 12.8. The van der Waals surface area contributed by atoms with Crippen molar-refractivity contribution < 1.29 is 14.3 Å². The number of aromatic nitrogens is 1. The second-order valence-corrected chi connectivity index (χ2v) is 7.18. The molecule has 2 amide bonds. The first-order valence-corrected chi connectivity index (χ1v) is 9.21. The van der Waals surface area contributed by atoms with E-state index in [1.807, 2.05) is 6.07 Å². The summed E-state index contributed by atoms with van der Waals surface area (Å²) < 4.78 is 6.07. The average Bonchev–Trinajstić information content (AvgIpc) is 2.96. The Morgan fingerprint density at radius 2 is 2.21 bits per heavy atom. The fraction of sp³-hybridized carbons (Fsp3) is 0.471. The predicted octanol–water partition coefficient (Wildman–Crippen LogP) is 4.16. The van der Waals surface area contributed by atoms with Crippen molar-refractivity contribution in [3.8, 4) is 0 Å². The third-order valence-corrected chi connectivity index (χ3v) is 5.80. The topological polar surface area (TPSA) is 71.5 Å². The van der Waals surface area contributed by atoms with Crippen LogP contribution in [0.5, 0.6) is 0 Å². The number of hydrogen-bond donors (Lipinski definition) is 1. The number of urea groups is 1. The molecule has 0 aromatic carbocycles. The Hall–Kier alpha value is -2.15. The van der Waals surface area contributed by atoms with Crippen molar-refractivity contribution in [1.82, 2.24) is 4.98 Å². The summed E-state index contributed by atoms with van der Waals surface area (Å²) >= 11 is 1.35. The molecule has 0 saturated heterocycles. The van der Waals surface area contributed by atoms with Crippen molar-refractivity contribution in [2.24, 2.45) is 0 Å². The Labute approximate surface area is 143 Å². The zero-order chi connectivity index (χ0) is 16.7. The van der Waals surface area contributed by atoms with E-state index in [1.165, 1.54) is 17.8 Å². The molecule has 2 aromatic rings. The van der Waals surface area contributed by atoms with Gasteiger partial charge in [0, 0.05) is 16.9 Å². The summed E-state index contributed by atoms with van der Waals surface area (Å²) in [7, 11) is 0. The number of anilines is 2. The molecule has 4 rings (SSSR count). The number of hydrogen-bond acceptors (Lipinski definition) is 5. The van der Waals surface area contributed by atoms with Gasteiger partial charge in [0.1, 0.15) is 10.7 Å². The Morgan fingerprint density at radius 3 is 2.96 bits per heavy atom. The number of esters is 1. The van der Waals surface area contributed by atoms with Crippen LogP contribution < -0.4 is 10.2 Å². The molecule has 3 heterocycles. The summed E-state index contributed by atoms with van der Waals surface area (Å²) in [6.07, 6.45) is 7.19. The lowest BCUT2D eigenvalue weighted by atomic mass is 9.94. The highest BCUT2D eigenvalue weighted by molar-refractivity contribution is 7.21. The predicted molar refractivity (Wildman–Crippen MR) is 93.9 cm³/mol. The van der Waals surface area contributed by atoms with Crippen molar-refractivity contribution >= 4 is 44.9 Å². The highest BCUT2D eigenvalue weighted by Crippen LogP contribution is 2.45. The van der Waals surface area contributed by atoms with E-state index in [0.29, 0.717) is 23.0 Å². The Kier molecular flexibility index (Phi) is 3.88. The SMILES string of the molecule is CCOC(=O)c1sc2ccnc3c2c1NC(=O)N3C1CCCCC1. The minimum Gasteiger partial charge on any atom is -0.462 e. The van der Waals surface area contributed by atoms with Crippen LogP contribution in [0, 0.1) is 0 Å². The Balaban J connectivity index is 1.84. The molecular formula is C17H19N3O3S. The van der Waals surface area contributed by atoms with Crippen molar-refractivity contribution in [3.63, 3.8) is 0 Å². The quantitative estimate of drug-likeness (QED) is 0.848. The second-order valence-electron chi connectivity index (χ2n) is 6.13. The van der Waals surface area contributed by atoms with E-state index < -0.39 is 5.97 Å². The zero-order valence-corrected chi connectivity index (χ0v) is 14.3. The van der Waals surface area contributed by atoms with Crippen LogP contribution in [0.1, 0.15) is 48.7 Å². The average molecular weight is 345 g/mol. The number of nitrogens with one attached hydrogen (secondary N) is 1.